The van der Waals surface area contributed by atoms with Gasteiger partial charge in [0.1, 0.15) is 0 Å². The molecule has 1 fully saturated rings. The van der Waals surface area contributed by atoms with Crippen LogP contribution in [0.2, 0.25) is 0 Å². The molecule has 2 amide bonds. The van der Waals surface area contributed by atoms with E-state index >= 15 is 0 Å². The van der Waals surface area contributed by atoms with Gasteiger partial charge in [0.05, 0.1) is 0 Å². The normalized spacial score (nSPS) is 15.6. The Hall–Kier alpha value is -1.51. The SMILES string of the molecule is Cc1cccc(CN(C)C(=O)N2CCCCC2)c1. The smallest absolute Gasteiger partial charge is 0.320 e. The Morgan fingerprint density at radius 1 is 1.28 bits per heavy atom. The lowest BCUT2D eigenvalue weighted by molar-refractivity contribution is 0.151. The molecule has 0 aromatic heterocycles. The maximum Gasteiger partial charge on any atom is 0.320 e. The number of hydrogen-bond donors (Lipinski definition) is 0. The topological polar surface area (TPSA) is 23.6 Å². The van der Waals surface area contributed by atoms with Gasteiger partial charge < -0.3 is 9.80 Å². The Balaban J connectivity index is 1.94. The van der Waals surface area contributed by atoms with Crippen LogP contribution in [-0.4, -0.2) is 36.0 Å². The molecule has 1 heterocycles. The van der Waals surface area contributed by atoms with Crippen molar-refractivity contribution in [3.8, 4) is 0 Å². The molecule has 0 atom stereocenters. The molecule has 2 rings (SSSR count). The molecule has 0 unspecified atom stereocenters. The van der Waals surface area contributed by atoms with Crippen LogP contribution in [0.1, 0.15) is 30.4 Å². The average molecular weight is 246 g/mol. The molecule has 0 saturated carbocycles. The van der Waals surface area contributed by atoms with Gasteiger partial charge in [-0.25, -0.2) is 4.79 Å². The molecule has 3 heteroatoms. The number of likely N-dealkylation sites (tertiary alicyclic amines) is 1. The van der Waals surface area contributed by atoms with Crippen LogP contribution in [0.15, 0.2) is 24.3 Å². The second-order valence-corrected chi connectivity index (χ2v) is 5.18. The van der Waals surface area contributed by atoms with Crippen molar-refractivity contribution in [3.05, 3.63) is 35.4 Å². The average Bonchev–Trinajstić information content (AvgIpc) is 2.39. The third kappa shape index (κ3) is 3.25. The Morgan fingerprint density at radius 2 is 2.00 bits per heavy atom. The van der Waals surface area contributed by atoms with E-state index < -0.39 is 0 Å². The Bertz CT molecular complexity index is 411. The molecule has 0 spiro atoms. The molecule has 1 saturated heterocycles. The van der Waals surface area contributed by atoms with E-state index in [2.05, 4.69) is 25.1 Å². The minimum atomic E-state index is 0.163. The third-order valence-electron chi connectivity index (χ3n) is 3.46. The fourth-order valence-electron chi connectivity index (χ4n) is 2.48. The molecule has 0 N–H and O–H groups in total. The van der Waals surface area contributed by atoms with Crippen LogP contribution in [-0.2, 0) is 6.54 Å². The molecule has 1 aromatic carbocycles. The van der Waals surface area contributed by atoms with Crippen molar-refractivity contribution in [1.29, 1.82) is 0 Å². The first kappa shape index (κ1) is 12.9. The zero-order chi connectivity index (χ0) is 13.0. The maximum atomic E-state index is 12.2. The predicted molar refractivity (Wildman–Crippen MR) is 73.5 cm³/mol. The summed E-state index contributed by atoms with van der Waals surface area (Å²) in [5, 5.41) is 0. The van der Waals surface area contributed by atoms with E-state index in [1.165, 1.54) is 17.5 Å². The Morgan fingerprint density at radius 3 is 2.67 bits per heavy atom. The minimum Gasteiger partial charge on any atom is -0.325 e. The molecule has 98 valence electrons. The number of hydrogen-bond acceptors (Lipinski definition) is 1. The summed E-state index contributed by atoms with van der Waals surface area (Å²) < 4.78 is 0. The molecule has 0 radical (unpaired) electrons. The van der Waals surface area contributed by atoms with Crippen molar-refractivity contribution in [2.24, 2.45) is 0 Å². The molecule has 0 aliphatic carbocycles. The third-order valence-corrected chi connectivity index (χ3v) is 3.46. The molecule has 1 aliphatic heterocycles. The van der Waals surface area contributed by atoms with Crippen LogP contribution in [0, 0.1) is 6.92 Å². The van der Waals surface area contributed by atoms with Gasteiger partial charge in [-0.05, 0) is 31.7 Å². The lowest BCUT2D eigenvalue weighted by Crippen LogP contribution is -2.43. The maximum absolute atomic E-state index is 12.2. The molecule has 1 aliphatic rings. The quantitative estimate of drug-likeness (QED) is 0.786. The number of aryl methyl sites for hydroxylation is 1. The van der Waals surface area contributed by atoms with Crippen LogP contribution in [0.3, 0.4) is 0 Å². The van der Waals surface area contributed by atoms with E-state index in [1.54, 1.807) is 0 Å². The van der Waals surface area contributed by atoms with Crippen molar-refractivity contribution in [1.82, 2.24) is 9.80 Å². The summed E-state index contributed by atoms with van der Waals surface area (Å²) in [6.07, 6.45) is 3.54. The van der Waals surface area contributed by atoms with Crippen molar-refractivity contribution in [2.75, 3.05) is 20.1 Å². The fourth-order valence-corrected chi connectivity index (χ4v) is 2.48. The predicted octanol–water partition coefficient (Wildman–Crippen LogP) is 3.03. The highest BCUT2D eigenvalue weighted by molar-refractivity contribution is 5.74. The molecule has 3 nitrogen and oxygen atoms in total. The number of amides is 2. The summed E-state index contributed by atoms with van der Waals surface area (Å²) in [4.78, 5) is 16.0. The van der Waals surface area contributed by atoms with Crippen molar-refractivity contribution in [3.63, 3.8) is 0 Å². The zero-order valence-corrected chi connectivity index (χ0v) is 11.4. The van der Waals surface area contributed by atoms with E-state index in [-0.39, 0.29) is 6.03 Å². The molecular formula is C15H22N2O. The fraction of sp³-hybridized carbons (Fsp3) is 0.533. The number of carbonyl (C=O) groups excluding carboxylic acids is 1. The Kier molecular flexibility index (Phi) is 4.24. The first-order valence-corrected chi connectivity index (χ1v) is 6.72. The Labute approximate surface area is 109 Å². The first-order chi connectivity index (χ1) is 8.66. The van der Waals surface area contributed by atoms with Crippen LogP contribution in [0.25, 0.3) is 0 Å². The van der Waals surface area contributed by atoms with Gasteiger partial charge in [-0.15, -0.1) is 0 Å². The van der Waals surface area contributed by atoms with Gasteiger partial charge in [-0.1, -0.05) is 29.8 Å². The number of urea groups is 1. The summed E-state index contributed by atoms with van der Waals surface area (Å²) in [7, 11) is 1.89. The highest BCUT2D eigenvalue weighted by Gasteiger charge is 2.19. The highest BCUT2D eigenvalue weighted by atomic mass is 16.2. The van der Waals surface area contributed by atoms with Crippen LogP contribution >= 0.6 is 0 Å². The van der Waals surface area contributed by atoms with E-state index in [4.69, 9.17) is 0 Å². The second kappa shape index (κ2) is 5.89. The zero-order valence-electron chi connectivity index (χ0n) is 11.4. The van der Waals surface area contributed by atoms with Crippen molar-refractivity contribution in [2.45, 2.75) is 32.7 Å². The number of nitrogens with zero attached hydrogens (tertiary/aromatic N) is 2. The van der Waals surface area contributed by atoms with E-state index in [9.17, 15) is 4.79 Å². The van der Waals surface area contributed by atoms with Gasteiger partial charge in [-0.2, -0.15) is 0 Å². The van der Waals surface area contributed by atoms with Gasteiger partial charge >= 0.3 is 6.03 Å². The van der Waals surface area contributed by atoms with E-state index in [0.717, 1.165) is 25.9 Å². The van der Waals surface area contributed by atoms with E-state index in [1.807, 2.05) is 22.9 Å². The molecular weight excluding hydrogens is 224 g/mol. The van der Waals surface area contributed by atoms with Gasteiger partial charge in [0.2, 0.25) is 0 Å². The minimum absolute atomic E-state index is 0.163. The lowest BCUT2D eigenvalue weighted by Gasteiger charge is -2.31. The largest absolute Gasteiger partial charge is 0.325 e. The summed E-state index contributed by atoms with van der Waals surface area (Å²) in [6, 6.07) is 8.50. The standard InChI is InChI=1S/C15H22N2O/c1-13-7-6-8-14(11-13)12-16(2)15(18)17-9-4-3-5-10-17/h6-8,11H,3-5,9-10,12H2,1-2H3. The van der Waals surface area contributed by atoms with Crippen molar-refractivity contribution < 1.29 is 4.79 Å². The van der Waals surface area contributed by atoms with Gasteiger partial charge in [-0.3, -0.25) is 0 Å². The summed E-state index contributed by atoms with van der Waals surface area (Å²) in [5.41, 5.74) is 2.44. The van der Waals surface area contributed by atoms with E-state index in [0.29, 0.717) is 6.54 Å². The second-order valence-electron chi connectivity index (χ2n) is 5.18. The van der Waals surface area contributed by atoms with Gasteiger partial charge in [0, 0.05) is 26.7 Å². The number of benzene rings is 1. The number of rotatable bonds is 2. The van der Waals surface area contributed by atoms with Gasteiger partial charge in [0.25, 0.3) is 0 Å². The molecule has 18 heavy (non-hydrogen) atoms. The molecule has 0 bridgehead atoms. The van der Waals surface area contributed by atoms with Crippen LogP contribution < -0.4 is 0 Å². The molecule has 1 aromatic rings. The highest BCUT2D eigenvalue weighted by Crippen LogP contribution is 2.13. The van der Waals surface area contributed by atoms with Crippen LogP contribution in [0.5, 0.6) is 0 Å². The summed E-state index contributed by atoms with van der Waals surface area (Å²) in [6.45, 7) is 4.60. The summed E-state index contributed by atoms with van der Waals surface area (Å²) in [5.74, 6) is 0. The lowest BCUT2D eigenvalue weighted by atomic mass is 10.1. The number of piperidine rings is 1. The van der Waals surface area contributed by atoms with Crippen LogP contribution in [0.4, 0.5) is 4.79 Å². The monoisotopic (exact) mass is 246 g/mol. The first-order valence-electron chi connectivity index (χ1n) is 6.72. The number of carbonyl (C=O) groups is 1. The van der Waals surface area contributed by atoms with Gasteiger partial charge in [0.15, 0.2) is 0 Å². The van der Waals surface area contributed by atoms with Crippen molar-refractivity contribution >= 4 is 6.03 Å². The summed E-state index contributed by atoms with van der Waals surface area (Å²) >= 11 is 0.